The number of amides is 4. The maximum absolute atomic E-state index is 13.3. The first-order chi connectivity index (χ1) is 18.5. The summed E-state index contributed by atoms with van der Waals surface area (Å²) in [5, 5.41) is 5.24. The minimum atomic E-state index is -3.13. The third-order valence-electron chi connectivity index (χ3n) is 6.17. The molecule has 9 nitrogen and oxygen atoms in total. The minimum Gasteiger partial charge on any atom is -0.369 e. The van der Waals surface area contributed by atoms with Crippen LogP contribution in [-0.2, 0) is 9.59 Å². The van der Waals surface area contributed by atoms with E-state index in [1.165, 1.54) is 0 Å². The Balaban J connectivity index is 1.52. The maximum Gasteiger partial charge on any atom is 0.262 e. The molecule has 4 aliphatic heterocycles. The van der Waals surface area contributed by atoms with Gasteiger partial charge in [0.05, 0.1) is 16.6 Å². The van der Waals surface area contributed by atoms with Crippen LogP contribution in [0.1, 0.15) is 57.4 Å². The predicted molar refractivity (Wildman–Crippen MR) is 117 cm³/mol. The van der Waals surface area contributed by atoms with E-state index in [0.29, 0.717) is 40.6 Å². The highest BCUT2D eigenvalue weighted by Crippen LogP contribution is 2.31. The third-order valence-corrected chi connectivity index (χ3v) is 6.17. The summed E-state index contributed by atoms with van der Waals surface area (Å²) >= 11 is 0. The molecule has 0 radical (unpaired) electrons. The summed E-state index contributed by atoms with van der Waals surface area (Å²) in [4.78, 5) is 51.9. The number of carbonyl (C=O) groups excluding carboxylic acids is 4. The number of hydrogen-bond donors (Lipinski definition) is 2. The zero-order valence-corrected chi connectivity index (χ0v) is 17.3. The van der Waals surface area contributed by atoms with Gasteiger partial charge in [-0.3, -0.25) is 34.3 Å². The quantitative estimate of drug-likeness (QED) is 0.636. The second-order valence-corrected chi connectivity index (χ2v) is 8.26. The van der Waals surface area contributed by atoms with Gasteiger partial charge in [0, 0.05) is 50.1 Å². The monoisotopic (exact) mass is 447 g/mol. The van der Waals surface area contributed by atoms with Gasteiger partial charge < -0.3 is 10.2 Å². The van der Waals surface area contributed by atoms with Crippen LogP contribution in [0.4, 0.5) is 5.69 Å². The molecule has 1 unspecified atom stereocenters. The number of anilines is 1. The molecule has 0 aliphatic carbocycles. The highest BCUT2D eigenvalue weighted by molar-refractivity contribution is 6.23. The second-order valence-electron chi connectivity index (χ2n) is 8.26. The fourth-order valence-electron chi connectivity index (χ4n) is 4.42. The molecule has 1 aromatic rings. The average Bonchev–Trinajstić information content (AvgIpc) is 3.11. The summed E-state index contributed by atoms with van der Waals surface area (Å²) in [5.41, 5.74) is -0.749. The Hall–Kier alpha value is -2.78. The largest absolute Gasteiger partial charge is 0.369 e. The van der Waals surface area contributed by atoms with Crippen LogP contribution in [0, 0.1) is 5.92 Å². The van der Waals surface area contributed by atoms with E-state index in [0.717, 1.165) is 18.2 Å². The van der Waals surface area contributed by atoms with Crippen LogP contribution < -0.4 is 15.5 Å². The Kier molecular flexibility index (Phi) is 3.69. The van der Waals surface area contributed by atoms with Crippen molar-refractivity contribution in [2.45, 2.75) is 31.7 Å². The van der Waals surface area contributed by atoms with Crippen LogP contribution in [0.3, 0.4) is 0 Å². The van der Waals surface area contributed by atoms with Gasteiger partial charge in [0.2, 0.25) is 11.8 Å². The van der Waals surface area contributed by atoms with Crippen molar-refractivity contribution < 1.29 is 30.1 Å². The number of rotatable bonds is 4. The van der Waals surface area contributed by atoms with Gasteiger partial charge in [-0.05, 0) is 56.5 Å². The average molecular weight is 448 g/mol. The van der Waals surface area contributed by atoms with Gasteiger partial charge in [0.25, 0.3) is 11.8 Å². The molecule has 3 fully saturated rings. The van der Waals surface area contributed by atoms with E-state index in [-0.39, 0.29) is 42.1 Å². The first-order valence-corrected chi connectivity index (χ1v) is 10.7. The van der Waals surface area contributed by atoms with Gasteiger partial charge in [-0.15, -0.1) is 0 Å². The van der Waals surface area contributed by atoms with Gasteiger partial charge in [-0.1, -0.05) is 0 Å². The lowest BCUT2D eigenvalue weighted by molar-refractivity contribution is -0.136. The highest BCUT2D eigenvalue weighted by atomic mass is 16.2. The van der Waals surface area contributed by atoms with Gasteiger partial charge in [0.1, 0.15) is 6.04 Å². The first kappa shape index (κ1) is 13.7. The molecule has 0 saturated carbocycles. The molecule has 4 aliphatic rings. The molecule has 32 heavy (non-hydrogen) atoms. The number of nitrogens with zero attached hydrogens (tertiary/aromatic N) is 3. The Bertz CT molecular complexity index is 1260. The minimum absolute atomic E-state index is 0.0759. The number of imide groups is 2. The summed E-state index contributed by atoms with van der Waals surface area (Å²) in [6, 6.07) is 2.05. The molecule has 0 spiro atoms. The maximum atomic E-state index is 13.3. The third kappa shape index (κ3) is 3.91. The van der Waals surface area contributed by atoms with Crippen molar-refractivity contribution in [3.05, 3.63) is 29.3 Å². The zero-order chi connectivity index (χ0) is 29.4. The molecule has 4 heterocycles. The van der Waals surface area contributed by atoms with Gasteiger partial charge in [0.15, 0.2) is 0 Å². The molecule has 0 aromatic heterocycles. The fourth-order valence-corrected chi connectivity index (χ4v) is 4.42. The summed E-state index contributed by atoms with van der Waals surface area (Å²) in [5.74, 6) is -3.25. The van der Waals surface area contributed by atoms with E-state index in [9.17, 15) is 19.2 Å². The molecule has 9 heteroatoms. The smallest absolute Gasteiger partial charge is 0.262 e. The molecule has 0 bridgehead atoms. The first-order valence-electron chi connectivity index (χ1n) is 14.7. The number of piperidine rings is 2. The summed E-state index contributed by atoms with van der Waals surface area (Å²) in [6.07, 6.45) is 1.04. The van der Waals surface area contributed by atoms with Gasteiger partial charge >= 0.3 is 0 Å². The van der Waals surface area contributed by atoms with Crippen molar-refractivity contribution in [3.8, 4) is 0 Å². The van der Waals surface area contributed by atoms with Crippen LogP contribution in [0.2, 0.25) is 0 Å². The second kappa shape index (κ2) is 8.63. The van der Waals surface area contributed by atoms with Gasteiger partial charge in [-0.25, -0.2) is 0 Å². The lowest BCUT2D eigenvalue weighted by atomic mass is 9.97. The van der Waals surface area contributed by atoms with Crippen molar-refractivity contribution in [1.82, 2.24) is 20.4 Å². The standard InChI is InChI=1S/C23H29N5O4/c29-20-4-3-19(21(30)25-20)28-22(31)17-2-1-16(13-18(17)23(28)32)27-11-9-26(10-12-27)14-15-5-7-24-8-6-15/h1-2,13,15,19,24H,3-12,14H2,(H,25,29,30)/i9D2,10D2,11D2,12D2. The summed E-state index contributed by atoms with van der Waals surface area (Å²) in [7, 11) is 0. The number of benzene rings is 1. The van der Waals surface area contributed by atoms with Crippen LogP contribution >= 0.6 is 0 Å². The normalized spacial score (nSPS) is 35.3. The van der Waals surface area contributed by atoms with E-state index < -0.39 is 55.7 Å². The Morgan fingerprint density at radius 1 is 0.938 bits per heavy atom. The molecule has 1 aromatic carbocycles. The van der Waals surface area contributed by atoms with E-state index in [1.807, 2.05) is 0 Å². The fraction of sp³-hybridized carbons (Fsp3) is 0.565. The van der Waals surface area contributed by atoms with Gasteiger partial charge in [-0.2, -0.15) is 0 Å². The van der Waals surface area contributed by atoms with E-state index in [1.54, 1.807) is 0 Å². The Morgan fingerprint density at radius 2 is 1.66 bits per heavy atom. The molecule has 4 amide bonds. The van der Waals surface area contributed by atoms with Crippen LogP contribution in [0.25, 0.3) is 0 Å². The van der Waals surface area contributed by atoms with Crippen LogP contribution in [0.15, 0.2) is 18.2 Å². The molecular formula is C23H29N5O4. The molecule has 1 atom stereocenters. The highest BCUT2D eigenvalue weighted by Gasteiger charge is 2.44. The molecule has 170 valence electrons. The Labute approximate surface area is 198 Å². The molecule has 5 rings (SSSR count). The molecular weight excluding hydrogens is 410 g/mol. The summed E-state index contributed by atoms with van der Waals surface area (Å²) < 4.78 is 69.8. The van der Waals surface area contributed by atoms with Crippen LogP contribution in [0.5, 0.6) is 0 Å². The van der Waals surface area contributed by atoms with E-state index >= 15 is 0 Å². The summed E-state index contributed by atoms with van der Waals surface area (Å²) in [6.45, 7) is -11.2. The lowest BCUT2D eigenvalue weighted by Crippen LogP contribution is -2.54. The van der Waals surface area contributed by atoms with E-state index in [2.05, 4.69) is 10.6 Å². The molecule has 2 N–H and O–H groups in total. The number of fused-ring (bicyclic) bond motifs is 1. The zero-order valence-electron chi connectivity index (χ0n) is 25.3. The number of piperazine rings is 1. The number of carbonyl (C=O) groups is 4. The predicted octanol–water partition coefficient (Wildman–Crippen LogP) is 0.209. The van der Waals surface area contributed by atoms with Crippen LogP contribution in [-0.4, -0.2) is 85.1 Å². The number of hydrogen-bond acceptors (Lipinski definition) is 7. The van der Waals surface area contributed by atoms with Crippen molar-refractivity contribution in [3.63, 3.8) is 0 Å². The number of nitrogens with one attached hydrogen (secondary N) is 2. The Morgan fingerprint density at radius 3 is 2.38 bits per heavy atom. The van der Waals surface area contributed by atoms with Crippen molar-refractivity contribution in [2.24, 2.45) is 5.92 Å². The molecule has 3 saturated heterocycles. The van der Waals surface area contributed by atoms with Crippen molar-refractivity contribution in [2.75, 3.05) is 50.5 Å². The SMILES string of the molecule is [2H]C1([2H])N(CC2CCNCC2)C([2H])([2H])C([2H])([2H])N(c2ccc3c(c2)C(=O)N(C2CCC(=O)NC2=O)C3=O)C1([2H])[2H]. The van der Waals surface area contributed by atoms with Crippen molar-refractivity contribution >= 4 is 29.3 Å². The van der Waals surface area contributed by atoms with E-state index in [4.69, 9.17) is 11.0 Å². The van der Waals surface area contributed by atoms with Crippen molar-refractivity contribution in [1.29, 1.82) is 0 Å². The topological polar surface area (TPSA) is 102 Å². The lowest BCUT2D eigenvalue weighted by Gasteiger charge is -2.38.